The number of hydrogen-bond acceptors (Lipinski definition) is 2. The van der Waals surface area contributed by atoms with Crippen molar-refractivity contribution in [1.82, 2.24) is 5.43 Å². The van der Waals surface area contributed by atoms with Crippen molar-refractivity contribution in [3.63, 3.8) is 0 Å². The highest BCUT2D eigenvalue weighted by atomic mass is 19.4. The van der Waals surface area contributed by atoms with E-state index >= 15 is 0 Å². The fraction of sp³-hybridized carbons (Fsp3) is 1.00. The van der Waals surface area contributed by atoms with E-state index in [-0.39, 0.29) is 12.3 Å². The van der Waals surface area contributed by atoms with Crippen LogP contribution in [0.5, 0.6) is 0 Å². The Hall–Kier alpha value is -0.290. The Balaban J connectivity index is 1.90. The Kier molecular flexibility index (Phi) is 2.94. The second-order valence-corrected chi connectivity index (χ2v) is 4.93. The molecule has 0 spiro atoms. The molecule has 2 aliphatic rings. The van der Waals surface area contributed by atoms with E-state index < -0.39 is 12.2 Å². The molecular weight excluding hydrogens is 205 g/mol. The van der Waals surface area contributed by atoms with Gasteiger partial charge in [0.15, 0.2) is 0 Å². The van der Waals surface area contributed by atoms with E-state index in [1.807, 2.05) is 5.43 Å². The Morgan fingerprint density at radius 3 is 2.40 bits per heavy atom. The summed E-state index contributed by atoms with van der Waals surface area (Å²) in [6, 6.07) is -1.53. The van der Waals surface area contributed by atoms with Crippen LogP contribution in [-0.4, -0.2) is 12.2 Å². The molecule has 0 saturated heterocycles. The van der Waals surface area contributed by atoms with E-state index in [2.05, 4.69) is 0 Å². The first kappa shape index (κ1) is 11.2. The summed E-state index contributed by atoms with van der Waals surface area (Å²) in [5.41, 5.74) is 1.90. The average molecular weight is 222 g/mol. The van der Waals surface area contributed by atoms with Gasteiger partial charge in [0.2, 0.25) is 0 Å². The Bertz CT molecular complexity index is 229. The molecule has 2 nitrogen and oxygen atoms in total. The standard InChI is InChI=1S/C10H17F3N2/c11-10(12,13)9(15-14)5-8-4-6-1-2-7(8)3-6/h6-9,15H,1-5,14H2. The molecule has 0 aromatic heterocycles. The largest absolute Gasteiger partial charge is 0.405 e. The predicted octanol–water partition coefficient (Wildman–Crippen LogP) is 2.21. The van der Waals surface area contributed by atoms with Crippen LogP contribution in [0.25, 0.3) is 0 Å². The van der Waals surface area contributed by atoms with Gasteiger partial charge in [0.25, 0.3) is 0 Å². The third kappa shape index (κ3) is 2.28. The molecule has 0 aromatic carbocycles. The molecule has 4 unspecified atom stereocenters. The van der Waals surface area contributed by atoms with Gasteiger partial charge in [-0.25, -0.2) is 5.43 Å². The van der Waals surface area contributed by atoms with Crippen molar-refractivity contribution in [2.24, 2.45) is 23.6 Å². The van der Waals surface area contributed by atoms with Crippen LogP contribution in [0.15, 0.2) is 0 Å². The third-order valence-corrected chi connectivity index (χ3v) is 4.02. The fourth-order valence-corrected chi connectivity index (χ4v) is 3.26. The highest BCUT2D eigenvalue weighted by Crippen LogP contribution is 2.50. The summed E-state index contributed by atoms with van der Waals surface area (Å²) < 4.78 is 37.4. The first-order chi connectivity index (χ1) is 7.00. The second-order valence-electron chi connectivity index (χ2n) is 4.93. The molecule has 88 valence electrons. The summed E-state index contributed by atoms with van der Waals surface area (Å²) in [6.45, 7) is 0. The van der Waals surface area contributed by atoms with Crippen LogP contribution in [0, 0.1) is 17.8 Å². The van der Waals surface area contributed by atoms with Crippen LogP contribution in [0.4, 0.5) is 13.2 Å². The van der Waals surface area contributed by atoms with Gasteiger partial charge in [0, 0.05) is 0 Å². The van der Waals surface area contributed by atoms with E-state index in [1.54, 1.807) is 0 Å². The van der Waals surface area contributed by atoms with E-state index in [0.29, 0.717) is 11.8 Å². The summed E-state index contributed by atoms with van der Waals surface area (Å²) in [4.78, 5) is 0. The van der Waals surface area contributed by atoms with Crippen molar-refractivity contribution in [2.45, 2.75) is 44.3 Å². The molecular formula is C10H17F3N2. The maximum Gasteiger partial charge on any atom is 0.405 e. The van der Waals surface area contributed by atoms with Crippen LogP contribution in [-0.2, 0) is 0 Å². The minimum atomic E-state index is -4.21. The van der Waals surface area contributed by atoms with Crippen molar-refractivity contribution >= 4 is 0 Å². The van der Waals surface area contributed by atoms with Gasteiger partial charge in [-0.2, -0.15) is 13.2 Å². The van der Waals surface area contributed by atoms with Crippen LogP contribution in [0.1, 0.15) is 32.1 Å². The van der Waals surface area contributed by atoms with Gasteiger partial charge in [0.1, 0.15) is 6.04 Å². The average Bonchev–Trinajstić information content (AvgIpc) is 2.72. The zero-order valence-corrected chi connectivity index (χ0v) is 8.56. The topological polar surface area (TPSA) is 38.0 Å². The summed E-state index contributed by atoms with van der Waals surface area (Å²) in [7, 11) is 0. The molecule has 0 heterocycles. The Labute approximate surface area is 87.4 Å². The molecule has 0 amide bonds. The SMILES string of the molecule is NNC(CC1CC2CCC1C2)C(F)(F)F. The van der Waals surface area contributed by atoms with Gasteiger partial charge in [-0.1, -0.05) is 6.42 Å². The monoisotopic (exact) mass is 222 g/mol. The van der Waals surface area contributed by atoms with Gasteiger partial charge in [0.05, 0.1) is 0 Å². The minimum Gasteiger partial charge on any atom is -0.271 e. The quantitative estimate of drug-likeness (QED) is 0.567. The normalized spacial score (nSPS) is 37.2. The van der Waals surface area contributed by atoms with Crippen LogP contribution < -0.4 is 11.3 Å². The van der Waals surface area contributed by atoms with Crippen molar-refractivity contribution in [1.29, 1.82) is 0 Å². The molecule has 0 radical (unpaired) electrons. The number of nitrogens with one attached hydrogen (secondary N) is 1. The molecule has 2 aliphatic carbocycles. The molecule has 5 heteroatoms. The lowest BCUT2D eigenvalue weighted by molar-refractivity contribution is -0.160. The summed E-state index contributed by atoms with van der Waals surface area (Å²) in [5, 5.41) is 0. The number of rotatable bonds is 3. The lowest BCUT2D eigenvalue weighted by Crippen LogP contribution is -2.47. The predicted molar refractivity (Wildman–Crippen MR) is 50.7 cm³/mol. The third-order valence-electron chi connectivity index (χ3n) is 4.02. The number of halogens is 3. The zero-order valence-electron chi connectivity index (χ0n) is 8.56. The molecule has 2 bridgehead atoms. The molecule has 4 atom stereocenters. The number of fused-ring (bicyclic) bond motifs is 2. The molecule has 2 saturated carbocycles. The van der Waals surface area contributed by atoms with E-state index in [9.17, 15) is 13.2 Å². The van der Waals surface area contributed by atoms with E-state index in [0.717, 1.165) is 19.3 Å². The molecule has 0 aromatic rings. The number of hydrogen-bond donors (Lipinski definition) is 2. The highest BCUT2D eigenvalue weighted by molar-refractivity contribution is 4.92. The number of nitrogens with two attached hydrogens (primary N) is 1. The molecule has 2 fully saturated rings. The fourth-order valence-electron chi connectivity index (χ4n) is 3.26. The van der Waals surface area contributed by atoms with Gasteiger partial charge in [-0.3, -0.25) is 5.84 Å². The molecule has 15 heavy (non-hydrogen) atoms. The lowest BCUT2D eigenvalue weighted by Gasteiger charge is -2.27. The van der Waals surface area contributed by atoms with Crippen molar-refractivity contribution in [3.8, 4) is 0 Å². The van der Waals surface area contributed by atoms with Crippen LogP contribution in [0.3, 0.4) is 0 Å². The first-order valence-corrected chi connectivity index (χ1v) is 5.53. The second kappa shape index (κ2) is 3.94. The maximum atomic E-state index is 12.5. The van der Waals surface area contributed by atoms with E-state index in [1.165, 1.54) is 6.42 Å². The minimum absolute atomic E-state index is 0.154. The smallest absolute Gasteiger partial charge is 0.271 e. The summed E-state index contributed by atoms with van der Waals surface area (Å²) in [5.74, 6) is 6.40. The van der Waals surface area contributed by atoms with Crippen LogP contribution in [0.2, 0.25) is 0 Å². The number of alkyl halides is 3. The van der Waals surface area contributed by atoms with Crippen molar-refractivity contribution in [2.75, 3.05) is 0 Å². The molecule has 2 rings (SSSR count). The van der Waals surface area contributed by atoms with E-state index in [4.69, 9.17) is 5.84 Å². The van der Waals surface area contributed by atoms with Gasteiger partial charge >= 0.3 is 6.18 Å². The Morgan fingerprint density at radius 1 is 1.27 bits per heavy atom. The Morgan fingerprint density at radius 2 is 2.00 bits per heavy atom. The van der Waals surface area contributed by atoms with Crippen molar-refractivity contribution < 1.29 is 13.2 Å². The first-order valence-electron chi connectivity index (χ1n) is 5.53. The van der Waals surface area contributed by atoms with Gasteiger partial charge in [-0.05, 0) is 43.4 Å². The lowest BCUT2D eigenvalue weighted by atomic mass is 9.84. The summed E-state index contributed by atoms with van der Waals surface area (Å²) in [6.07, 6.45) is 0.384. The maximum absolute atomic E-state index is 12.5. The number of hydrazine groups is 1. The highest BCUT2D eigenvalue weighted by Gasteiger charge is 2.45. The molecule has 3 N–H and O–H groups in total. The molecule has 0 aliphatic heterocycles. The van der Waals surface area contributed by atoms with Crippen molar-refractivity contribution in [3.05, 3.63) is 0 Å². The van der Waals surface area contributed by atoms with Gasteiger partial charge in [-0.15, -0.1) is 0 Å². The summed E-state index contributed by atoms with van der Waals surface area (Å²) >= 11 is 0. The van der Waals surface area contributed by atoms with Gasteiger partial charge < -0.3 is 0 Å². The zero-order chi connectivity index (χ0) is 11.1. The van der Waals surface area contributed by atoms with Crippen LogP contribution >= 0.6 is 0 Å².